The van der Waals surface area contributed by atoms with E-state index in [4.69, 9.17) is 5.73 Å². The second-order valence-corrected chi connectivity index (χ2v) is 5.89. The highest BCUT2D eigenvalue weighted by Gasteiger charge is 2.69. The third-order valence-corrected chi connectivity index (χ3v) is 5.30. The summed E-state index contributed by atoms with van der Waals surface area (Å²) in [5, 5.41) is 0. The fourth-order valence-electron chi connectivity index (χ4n) is 4.14. The maximum Gasteiger partial charge on any atom is 0.0105 e. The van der Waals surface area contributed by atoms with Crippen molar-refractivity contribution in [1.82, 2.24) is 0 Å². The molecular formula is C11H19N. The predicted octanol–water partition coefficient (Wildman–Crippen LogP) is 2.16. The Labute approximate surface area is 74.7 Å². The summed E-state index contributed by atoms with van der Waals surface area (Å²) >= 11 is 0. The van der Waals surface area contributed by atoms with Crippen LogP contribution < -0.4 is 5.73 Å². The van der Waals surface area contributed by atoms with Crippen molar-refractivity contribution in [2.24, 2.45) is 28.4 Å². The Morgan fingerprint density at radius 3 is 2.33 bits per heavy atom. The lowest BCUT2D eigenvalue weighted by molar-refractivity contribution is -0.118. The molecule has 2 unspecified atom stereocenters. The molecule has 4 saturated carbocycles. The maximum atomic E-state index is 6.07. The van der Waals surface area contributed by atoms with Crippen LogP contribution in [0.15, 0.2) is 0 Å². The van der Waals surface area contributed by atoms with E-state index in [0.29, 0.717) is 16.9 Å². The van der Waals surface area contributed by atoms with E-state index in [-0.39, 0.29) is 0 Å². The monoisotopic (exact) mass is 165 g/mol. The minimum Gasteiger partial charge on any atom is -0.327 e. The van der Waals surface area contributed by atoms with Crippen LogP contribution in [-0.4, -0.2) is 6.04 Å². The fraction of sp³-hybridized carbons (Fsp3) is 1.00. The van der Waals surface area contributed by atoms with Crippen molar-refractivity contribution in [3.8, 4) is 0 Å². The molecular weight excluding hydrogens is 146 g/mol. The first kappa shape index (κ1) is 7.37. The van der Waals surface area contributed by atoms with Crippen LogP contribution in [0.25, 0.3) is 0 Å². The molecule has 0 aromatic heterocycles. The minimum absolute atomic E-state index is 0.558. The average Bonchev–Trinajstić information content (AvgIpc) is 2.60. The molecule has 0 amide bonds. The molecule has 0 aromatic rings. The molecule has 4 fully saturated rings. The fourth-order valence-corrected chi connectivity index (χ4v) is 4.14. The Balaban J connectivity index is 1.92. The Morgan fingerprint density at radius 1 is 1.33 bits per heavy atom. The van der Waals surface area contributed by atoms with Crippen LogP contribution in [0.4, 0.5) is 0 Å². The van der Waals surface area contributed by atoms with E-state index in [2.05, 4.69) is 13.8 Å². The van der Waals surface area contributed by atoms with Gasteiger partial charge in [-0.15, -0.1) is 0 Å². The van der Waals surface area contributed by atoms with E-state index in [1.807, 2.05) is 0 Å². The Hall–Kier alpha value is -0.0400. The molecule has 0 radical (unpaired) electrons. The highest BCUT2D eigenvalue weighted by Crippen LogP contribution is 2.73. The first-order valence-electron chi connectivity index (χ1n) is 5.33. The van der Waals surface area contributed by atoms with Crippen molar-refractivity contribution >= 4 is 0 Å². The van der Waals surface area contributed by atoms with Gasteiger partial charge in [0, 0.05) is 6.04 Å². The van der Waals surface area contributed by atoms with E-state index >= 15 is 0 Å². The van der Waals surface area contributed by atoms with Gasteiger partial charge in [0.25, 0.3) is 0 Å². The second-order valence-electron chi connectivity index (χ2n) is 5.89. The van der Waals surface area contributed by atoms with Crippen LogP contribution in [0.2, 0.25) is 0 Å². The van der Waals surface area contributed by atoms with Crippen molar-refractivity contribution in [2.75, 3.05) is 0 Å². The van der Waals surface area contributed by atoms with E-state index in [1.54, 1.807) is 0 Å². The van der Waals surface area contributed by atoms with Crippen molar-refractivity contribution in [1.29, 1.82) is 0 Å². The number of nitrogens with two attached hydrogens (primary N) is 1. The molecule has 1 nitrogen and oxygen atoms in total. The normalized spacial score (nSPS) is 59.8. The zero-order valence-corrected chi connectivity index (χ0v) is 8.14. The molecule has 0 saturated heterocycles. The first-order chi connectivity index (χ1) is 5.57. The van der Waals surface area contributed by atoms with E-state index < -0.39 is 0 Å². The lowest BCUT2D eigenvalue weighted by Crippen LogP contribution is -2.54. The summed E-state index contributed by atoms with van der Waals surface area (Å²) in [4.78, 5) is 0. The van der Waals surface area contributed by atoms with Gasteiger partial charge in [-0.2, -0.15) is 0 Å². The third-order valence-electron chi connectivity index (χ3n) is 5.30. The Kier molecular flexibility index (Phi) is 1.07. The Morgan fingerprint density at radius 2 is 2.00 bits per heavy atom. The van der Waals surface area contributed by atoms with Crippen LogP contribution in [0.1, 0.15) is 39.5 Å². The molecule has 68 valence electrons. The van der Waals surface area contributed by atoms with Gasteiger partial charge in [-0.25, -0.2) is 0 Å². The van der Waals surface area contributed by atoms with Crippen LogP contribution in [0, 0.1) is 22.7 Å². The first-order valence-corrected chi connectivity index (χ1v) is 5.33. The van der Waals surface area contributed by atoms with E-state index in [0.717, 1.165) is 11.8 Å². The zero-order valence-electron chi connectivity index (χ0n) is 8.14. The SMILES string of the molecule is CC1(C)[C@@H]2CCC3(CC3N)[C@H]1C2. The van der Waals surface area contributed by atoms with Gasteiger partial charge in [-0.1, -0.05) is 13.8 Å². The maximum absolute atomic E-state index is 6.07. The van der Waals surface area contributed by atoms with Gasteiger partial charge in [-0.3, -0.25) is 0 Å². The van der Waals surface area contributed by atoms with Crippen molar-refractivity contribution in [3.63, 3.8) is 0 Å². The average molecular weight is 165 g/mol. The van der Waals surface area contributed by atoms with Gasteiger partial charge in [0.2, 0.25) is 0 Å². The Bertz CT molecular complexity index is 231. The van der Waals surface area contributed by atoms with Gasteiger partial charge in [-0.05, 0) is 48.3 Å². The zero-order chi connectivity index (χ0) is 8.56. The molecule has 1 heteroatoms. The predicted molar refractivity (Wildman–Crippen MR) is 49.6 cm³/mol. The molecule has 12 heavy (non-hydrogen) atoms. The van der Waals surface area contributed by atoms with Crippen LogP contribution in [0.5, 0.6) is 0 Å². The molecule has 0 aliphatic heterocycles. The summed E-state index contributed by atoms with van der Waals surface area (Å²) in [6.45, 7) is 4.91. The molecule has 4 atom stereocenters. The lowest BCUT2D eigenvalue weighted by Gasteiger charge is -2.61. The summed E-state index contributed by atoms with van der Waals surface area (Å²) in [6.07, 6.45) is 5.71. The largest absolute Gasteiger partial charge is 0.327 e. The molecule has 1 spiro atoms. The second kappa shape index (κ2) is 1.75. The van der Waals surface area contributed by atoms with Crippen molar-refractivity contribution in [2.45, 2.75) is 45.6 Å². The van der Waals surface area contributed by atoms with Gasteiger partial charge < -0.3 is 5.73 Å². The van der Waals surface area contributed by atoms with Crippen LogP contribution in [-0.2, 0) is 0 Å². The van der Waals surface area contributed by atoms with E-state index in [1.165, 1.54) is 25.7 Å². The molecule has 0 aromatic carbocycles. The standard InChI is InChI=1S/C11H19N/c1-10(2)7-3-4-11(6-9(11)12)8(10)5-7/h7-9H,3-6,12H2,1-2H3/t7-,8+,9?,11?/m1/s1. The van der Waals surface area contributed by atoms with Gasteiger partial charge in [0.1, 0.15) is 0 Å². The highest BCUT2D eigenvalue weighted by atomic mass is 14.9. The molecule has 4 rings (SSSR count). The summed E-state index contributed by atoms with van der Waals surface area (Å²) in [5.41, 5.74) is 7.32. The number of fused-ring (bicyclic) bond motifs is 1. The van der Waals surface area contributed by atoms with E-state index in [9.17, 15) is 0 Å². The lowest BCUT2D eigenvalue weighted by atomic mass is 9.44. The van der Waals surface area contributed by atoms with Gasteiger partial charge in [0.05, 0.1) is 0 Å². The summed E-state index contributed by atoms with van der Waals surface area (Å²) in [7, 11) is 0. The molecule has 2 bridgehead atoms. The van der Waals surface area contributed by atoms with Crippen LogP contribution in [0.3, 0.4) is 0 Å². The van der Waals surface area contributed by atoms with Crippen molar-refractivity contribution < 1.29 is 0 Å². The quantitative estimate of drug-likeness (QED) is 0.585. The number of rotatable bonds is 0. The van der Waals surface area contributed by atoms with Crippen LogP contribution >= 0.6 is 0 Å². The molecule has 4 aliphatic rings. The smallest absolute Gasteiger partial charge is 0.0105 e. The topological polar surface area (TPSA) is 26.0 Å². The van der Waals surface area contributed by atoms with Gasteiger partial charge >= 0.3 is 0 Å². The molecule has 0 heterocycles. The highest BCUT2D eigenvalue weighted by molar-refractivity contribution is 5.20. The molecule has 4 aliphatic carbocycles. The van der Waals surface area contributed by atoms with Crippen molar-refractivity contribution in [3.05, 3.63) is 0 Å². The minimum atomic E-state index is 0.558. The summed E-state index contributed by atoms with van der Waals surface area (Å²) < 4.78 is 0. The molecule has 2 N–H and O–H groups in total. The third kappa shape index (κ3) is 0.585. The number of hydrogen-bond donors (Lipinski definition) is 1. The van der Waals surface area contributed by atoms with Gasteiger partial charge in [0.15, 0.2) is 0 Å². The summed E-state index contributed by atoms with van der Waals surface area (Å²) in [5.74, 6) is 2.00. The summed E-state index contributed by atoms with van der Waals surface area (Å²) in [6, 6.07) is 0.558. The number of hydrogen-bond acceptors (Lipinski definition) is 1.